The molecule has 0 amide bonds. The van der Waals surface area contributed by atoms with Crippen LogP contribution in [0.4, 0.5) is 3.89 Å². The third kappa shape index (κ3) is 5.29. The summed E-state index contributed by atoms with van der Waals surface area (Å²) in [5.74, 6) is -0.527. The predicted molar refractivity (Wildman–Crippen MR) is 55.6 cm³/mol. The van der Waals surface area contributed by atoms with E-state index in [1.165, 1.54) is 16.9 Å². The van der Waals surface area contributed by atoms with Crippen LogP contribution in [0.5, 0.6) is 0 Å². The van der Waals surface area contributed by atoms with Gasteiger partial charge in [-0.05, 0) is 0 Å². The SMILES string of the molecule is Cl.O=S(=O)(F)Cc1ccc([AsH2])cc1. The molecule has 0 fully saturated rings. The van der Waals surface area contributed by atoms with Gasteiger partial charge in [0.2, 0.25) is 0 Å². The first-order valence-corrected chi connectivity index (χ1v) is 6.00. The van der Waals surface area contributed by atoms with Crippen molar-refractivity contribution in [3.63, 3.8) is 0 Å². The van der Waals surface area contributed by atoms with Crippen LogP contribution < -0.4 is 4.35 Å². The average Bonchev–Trinajstić information content (AvgIpc) is 1.91. The molecule has 6 heteroatoms. The summed E-state index contributed by atoms with van der Waals surface area (Å²) in [7, 11) is -4.38. The minimum absolute atomic E-state index is 0. The second kappa shape index (κ2) is 4.99. The van der Waals surface area contributed by atoms with Crippen LogP contribution in [0.15, 0.2) is 24.3 Å². The summed E-state index contributed by atoms with van der Waals surface area (Å²) in [5, 5.41) is 0. The van der Waals surface area contributed by atoms with E-state index in [0.29, 0.717) is 5.56 Å². The number of benzene rings is 1. The molecule has 0 saturated heterocycles. The van der Waals surface area contributed by atoms with Gasteiger partial charge in [0.25, 0.3) is 0 Å². The molecule has 0 bridgehead atoms. The molecule has 0 aliphatic heterocycles. The molecule has 1 aromatic rings. The molecule has 1 rings (SSSR count). The molecule has 0 aliphatic carbocycles. The fourth-order valence-corrected chi connectivity index (χ4v) is 1.81. The Labute approximate surface area is 91.7 Å². The van der Waals surface area contributed by atoms with Crippen molar-refractivity contribution in [3.05, 3.63) is 29.8 Å². The summed E-state index contributed by atoms with van der Waals surface area (Å²) in [6.45, 7) is 0. The van der Waals surface area contributed by atoms with Crippen LogP contribution in [0.2, 0.25) is 0 Å². The van der Waals surface area contributed by atoms with E-state index in [0.717, 1.165) is 4.35 Å². The minimum atomic E-state index is -4.38. The summed E-state index contributed by atoms with van der Waals surface area (Å²) >= 11 is 1.45. The maximum absolute atomic E-state index is 12.2. The molecular formula is C7H9AsClFO2S. The average molecular weight is 287 g/mol. The van der Waals surface area contributed by atoms with Crippen molar-refractivity contribution < 1.29 is 12.3 Å². The van der Waals surface area contributed by atoms with Gasteiger partial charge < -0.3 is 0 Å². The van der Waals surface area contributed by atoms with Crippen LogP contribution in [-0.2, 0) is 16.0 Å². The van der Waals surface area contributed by atoms with Crippen molar-refractivity contribution in [1.82, 2.24) is 0 Å². The summed E-state index contributed by atoms with van der Waals surface area (Å²) < 4.78 is 33.7. The first kappa shape index (κ1) is 12.9. The van der Waals surface area contributed by atoms with Crippen molar-refractivity contribution in [2.24, 2.45) is 0 Å². The van der Waals surface area contributed by atoms with Gasteiger partial charge in [0, 0.05) is 0 Å². The third-order valence-electron chi connectivity index (χ3n) is 1.32. The van der Waals surface area contributed by atoms with Crippen molar-refractivity contribution in [2.75, 3.05) is 0 Å². The Kier molecular flexibility index (Phi) is 4.97. The van der Waals surface area contributed by atoms with Crippen molar-refractivity contribution in [3.8, 4) is 0 Å². The molecule has 0 saturated carbocycles. The van der Waals surface area contributed by atoms with Crippen LogP contribution >= 0.6 is 12.4 Å². The van der Waals surface area contributed by atoms with Crippen LogP contribution in [0.25, 0.3) is 0 Å². The van der Waals surface area contributed by atoms with E-state index < -0.39 is 16.0 Å². The van der Waals surface area contributed by atoms with Gasteiger partial charge in [-0.15, -0.1) is 12.4 Å². The van der Waals surface area contributed by atoms with E-state index >= 15 is 0 Å². The molecule has 13 heavy (non-hydrogen) atoms. The van der Waals surface area contributed by atoms with E-state index in [-0.39, 0.29) is 12.4 Å². The summed E-state index contributed by atoms with van der Waals surface area (Å²) in [6.07, 6.45) is 0. The fourth-order valence-electron chi connectivity index (χ4n) is 0.813. The molecule has 2 nitrogen and oxygen atoms in total. The number of hydrogen-bond acceptors (Lipinski definition) is 2. The first-order valence-electron chi connectivity index (χ1n) is 3.24. The number of rotatable bonds is 2. The van der Waals surface area contributed by atoms with Gasteiger partial charge in [-0.2, -0.15) is 0 Å². The molecule has 0 radical (unpaired) electrons. The van der Waals surface area contributed by atoms with Gasteiger partial charge in [-0.25, -0.2) is 0 Å². The molecule has 1 unspecified atom stereocenters. The Morgan fingerprint density at radius 2 is 1.69 bits per heavy atom. The molecule has 1 atom stereocenters. The van der Waals surface area contributed by atoms with Gasteiger partial charge in [0.05, 0.1) is 0 Å². The van der Waals surface area contributed by atoms with Crippen molar-refractivity contribution in [2.45, 2.75) is 5.75 Å². The molecule has 0 N–H and O–H groups in total. The number of hydrogen-bond donors (Lipinski definition) is 0. The third-order valence-corrected chi connectivity index (χ3v) is 2.80. The Bertz CT molecular complexity index is 363. The summed E-state index contributed by atoms with van der Waals surface area (Å²) in [5.41, 5.74) is 0.485. The number of halogens is 2. The maximum atomic E-state index is 12.2. The summed E-state index contributed by atoms with van der Waals surface area (Å²) in [6, 6.07) is 6.80. The molecule has 0 aromatic heterocycles. The normalized spacial score (nSPS) is 10.6. The molecule has 1 aromatic carbocycles. The van der Waals surface area contributed by atoms with Crippen molar-refractivity contribution in [1.29, 1.82) is 0 Å². The van der Waals surface area contributed by atoms with Gasteiger partial charge in [0.1, 0.15) is 0 Å². The van der Waals surface area contributed by atoms with Crippen LogP contribution in [0.3, 0.4) is 0 Å². The van der Waals surface area contributed by atoms with E-state index in [9.17, 15) is 12.3 Å². The molecule has 74 valence electrons. The zero-order chi connectivity index (χ0) is 9.19. The Morgan fingerprint density at radius 1 is 1.23 bits per heavy atom. The van der Waals surface area contributed by atoms with Gasteiger partial charge >= 0.3 is 79.3 Å². The Morgan fingerprint density at radius 3 is 2.08 bits per heavy atom. The standard InChI is InChI=1S/C7H8AsFO2S.ClH/c8-7-3-1-6(2-4-7)5-12(9,10)11;/h1-4H,5,8H2;1H. The zero-order valence-corrected chi connectivity index (χ0v) is 10.7. The van der Waals surface area contributed by atoms with Gasteiger partial charge in [0.15, 0.2) is 0 Å². The van der Waals surface area contributed by atoms with Crippen LogP contribution in [0.1, 0.15) is 5.56 Å². The van der Waals surface area contributed by atoms with E-state index in [1.807, 2.05) is 0 Å². The zero-order valence-electron chi connectivity index (χ0n) is 6.60. The summed E-state index contributed by atoms with van der Waals surface area (Å²) in [4.78, 5) is 0. The first-order chi connectivity index (χ1) is 5.47. The van der Waals surface area contributed by atoms with Gasteiger partial charge in [-0.3, -0.25) is 0 Å². The monoisotopic (exact) mass is 286 g/mol. The van der Waals surface area contributed by atoms with Crippen LogP contribution in [0, 0.1) is 0 Å². The topological polar surface area (TPSA) is 34.1 Å². The van der Waals surface area contributed by atoms with Gasteiger partial charge in [-0.1, -0.05) is 0 Å². The molecular weight excluding hydrogens is 278 g/mol. The molecule has 0 spiro atoms. The second-order valence-corrected chi connectivity index (χ2v) is 5.19. The van der Waals surface area contributed by atoms with E-state index in [1.54, 1.807) is 24.3 Å². The molecule has 0 aliphatic rings. The molecule has 0 heterocycles. The van der Waals surface area contributed by atoms with E-state index in [2.05, 4.69) is 0 Å². The Hall–Kier alpha value is -0.0516. The second-order valence-electron chi connectivity index (χ2n) is 2.42. The van der Waals surface area contributed by atoms with Crippen molar-refractivity contribution >= 4 is 43.8 Å². The van der Waals surface area contributed by atoms with E-state index in [4.69, 9.17) is 0 Å². The Balaban J connectivity index is 0.00000144. The quantitative estimate of drug-likeness (QED) is 0.574. The fraction of sp³-hybridized carbons (Fsp3) is 0.143. The van der Waals surface area contributed by atoms with Crippen LogP contribution in [-0.4, -0.2) is 25.3 Å². The predicted octanol–water partition coefficient (Wildman–Crippen LogP) is 0.166.